The molecule has 1 unspecified atom stereocenters. The molecule has 2 aliphatic rings. The van der Waals surface area contributed by atoms with Gasteiger partial charge < -0.3 is 34.6 Å². The highest BCUT2D eigenvalue weighted by Gasteiger charge is 2.67. The second kappa shape index (κ2) is 7.93. The average Bonchev–Trinajstić information content (AvgIpc) is 3.16. The van der Waals surface area contributed by atoms with Gasteiger partial charge in [-0.15, -0.1) is 0 Å². The molecular weight excluding hydrogens is 438 g/mol. The maximum atomic E-state index is 14.4. The van der Waals surface area contributed by atoms with Gasteiger partial charge in [-0.25, -0.2) is 4.39 Å². The molecule has 0 amide bonds. The number of hydrogen-bond acceptors (Lipinski definition) is 7. The molecule has 2 bridgehead atoms. The van der Waals surface area contributed by atoms with Crippen LogP contribution in [0.5, 0.6) is 5.75 Å². The number of hydrogen-bond donors (Lipinski definition) is 4. The lowest BCUT2D eigenvalue weighted by molar-refractivity contribution is -0.329. The Morgan fingerprint density at radius 3 is 2.52 bits per heavy atom. The Morgan fingerprint density at radius 2 is 1.84 bits per heavy atom. The van der Waals surface area contributed by atoms with Crippen LogP contribution in [0.15, 0.2) is 30.3 Å². The first-order valence-corrected chi connectivity index (χ1v) is 9.86. The normalized spacial score (nSPS) is 32.3. The summed E-state index contributed by atoms with van der Waals surface area (Å²) in [4.78, 5) is 0. The molecule has 2 saturated heterocycles. The molecule has 0 saturated carbocycles. The lowest BCUT2D eigenvalue weighted by Crippen LogP contribution is -2.65. The fourth-order valence-corrected chi connectivity index (χ4v) is 4.26. The van der Waals surface area contributed by atoms with Crippen molar-refractivity contribution in [2.75, 3.05) is 20.3 Å². The Morgan fingerprint density at radius 1 is 1.10 bits per heavy atom. The molecule has 4 N–H and O–H groups in total. The molecule has 2 aliphatic heterocycles. The lowest BCUT2D eigenvalue weighted by Gasteiger charge is -2.46. The summed E-state index contributed by atoms with van der Waals surface area (Å²) in [5.41, 5.74) is -0.995. The van der Waals surface area contributed by atoms with Crippen LogP contribution in [0.4, 0.5) is 8.78 Å². The number of halogens is 3. The number of fused-ring (bicyclic) bond motifs is 2. The van der Waals surface area contributed by atoms with Crippen LogP contribution >= 0.6 is 11.6 Å². The predicted molar refractivity (Wildman–Crippen MR) is 104 cm³/mol. The summed E-state index contributed by atoms with van der Waals surface area (Å²) >= 11 is 6.26. The SMILES string of the molecule is COc1ccc(Cc2cc(C34OC[C@@](CO)(O3)[C@@H](O)[C@H](O)[C@H]4O)ccc2Cl)c(F)c1F. The highest BCUT2D eigenvalue weighted by atomic mass is 35.5. The summed E-state index contributed by atoms with van der Waals surface area (Å²) in [6.07, 6.45) is -5.02. The van der Waals surface area contributed by atoms with Crippen LogP contribution in [0.2, 0.25) is 5.02 Å². The molecule has 0 spiro atoms. The molecule has 31 heavy (non-hydrogen) atoms. The minimum Gasteiger partial charge on any atom is -0.494 e. The monoisotopic (exact) mass is 458 g/mol. The molecule has 4 rings (SSSR count). The third-order valence-electron chi connectivity index (χ3n) is 5.90. The molecule has 2 heterocycles. The van der Waals surface area contributed by atoms with Gasteiger partial charge in [-0.3, -0.25) is 0 Å². The molecule has 2 fully saturated rings. The third-order valence-corrected chi connectivity index (χ3v) is 6.27. The standard InChI is InChI=1S/C21H21ClF2O7/c1-29-14-5-2-10(15(23)16(14)24)6-11-7-12(3-4-13(11)22)21-19(28)17(26)18(27)20(8-25,31-21)9-30-21/h2-5,7,17-19,25-28H,6,8-9H2,1H3/t17-,18-,19+,20+,21?/m0/s1. The first-order valence-electron chi connectivity index (χ1n) is 9.48. The van der Waals surface area contributed by atoms with Gasteiger partial charge in [0.15, 0.2) is 11.6 Å². The van der Waals surface area contributed by atoms with Crippen LogP contribution in [0.3, 0.4) is 0 Å². The number of benzene rings is 2. The molecule has 0 aromatic heterocycles. The Hall–Kier alpha value is -1.85. The minimum absolute atomic E-state index is 0.0208. The molecule has 10 heteroatoms. The molecule has 0 aliphatic carbocycles. The van der Waals surface area contributed by atoms with Gasteiger partial charge in [0, 0.05) is 17.0 Å². The summed E-state index contributed by atoms with van der Waals surface area (Å²) in [7, 11) is 1.23. The lowest BCUT2D eigenvalue weighted by atomic mass is 9.83. The van der Waals surface area contributed by atoms with Crippen LogP contribution in [0.25, 0.3) is 0 Å². The second-order valence-electron chi connectivity index (χ2n) is 7.70. The van der Waals surface area contributed by atoms with E-state index in [1.165, 1.54) is 37.4 Å². The van der Waals surface area contributed by atoms with Crippen molar-refractivity contribution in [2.24, 2.45) is 0 Å². The summed E-state index contributed by atoms with van der Waals surface area (Å²) in [6, 6.07) is 7.09. The first-order chi connectivity index (χ1) is 14.7. The smallest absolute Gasteiger partial charge is 0.225 e. The first kappa shape index (κ1) is 22.3. The average molecular weight is 459 g/mol. The number of ether oxygens (including phenoxy) is 3. The maximum Gasteiger partial charge on any atom is 0.225 e. The van der Waals surface area contributed by atoms with Gasteiger partial charge in [0.05, 0.1) is 20.3 Å². The molecule has 2 aromatic carbocycles. The van der Waals surface area contributed by atoms with E-state index in [9.17, 15) is 29.2 Å². The highest BCUT2D eigenvalue weighted by molar-refractivity contribution is 6.31. The predicted octanol–water partition coefficient (Wildman–Crippen LogP) is 1.24. The van der Waals surface area contributed by atoms with E-state index >= 15 is 0 Å². The number of aliphatic hydroxyl groups excluding tert-OH is 4. The number of rotatable bonds is 5. The third kappa shape index (κ3) is 3.32. The zero-order chi connectivity index (χ0) is 22.6. The fourth-order valence-electron chi connectivity index (χ4n) is 4.07. The van der Waals surface area contributed by atoms with Crippen LogP contribution < -0.4 is 4.74 Å². The van der Waals surface area contributed by atoms with Gasteiger partial charge in [0.1, 0.15) is 23.9 Å². The van der Waals surface area contributed by atoms with Crippen LogP contribution in [0.1, 0.15) is 16.7 Å². The largest absolute Gasteiger partial charge is 0.494 e. The summed E-state index contributed by atoms with van der Waals surface area (Å²) < 4.78 is 44.8. The van der Waals surface area contributed by atoms with Crippen molar-refractivity contribution in [2.45, 2.75) is 36.1 Å². The van der Waals surface area contributed by atoms with Crippen LogP contribution in [-0.2, 0) is 21.7 Å². The van der Waals surface area contributed by atoms with E-state index in [0.717, 1.165) is 0 Å². The quantitative estimate of drug-likeness (QED) is 0.534. The van der Waals surface area contributed by atoms with Crippen molar-refractivity contribution in [1.29, 1.82) is 0 Å². The van der Waals surface area contributed by atoms with Gasteiger partial charge in [-0.1, -0.05) is 23.7 Å². The van der Waals surface area contributed by atoms with Gasteiger partial charge in [0.2, 0.25) is 11.6 Å². The Kier molecular flexibility index (Phi) is 5.72. The van der Waals surface area contributed by atoms with E-state index in [4.69, 9.17) is 25.8 Å². The molecule has 168 valence electrons. The van der Waals surface area contributed by atoms with Crippen molar-refractivity contribution < 1.29 is 43.4 Å². The van der Waals surface area contributed by atoms with Crippen molar-refractivity contribution in [1.82, 2.24) is 0 Å². The Balaban J connectivity index is 1.73. The van der Waals surface area contributed by atoms with E-state index in [0.29, 0.717) is 5.56 Å². The van der Waals surface area contributed by atoms with Gasteiger partial charge >= 0.3 is 0 Å². The van der Waals surface area contributed by atoms with Gasteiger partial charge in [0.25, 0.3) is 0 Å². The fraction of sp³-hybridized carbons (Fsp3) is 0.429. The second-order valence-corrected chi connectivity index (χ2v) is 8.11. The van der Waals surface area contributed by atoms with Crippen LogP contribution in [-0.4, -0.2) is 64.7 Å². The van der Waals surface area contributed by atoms with Gasteiger partial charge in [-0.05, 0) is 29.3 Å². The zero-order valence-electron chi connectivity index (χ0n) is 16.4. The number of aliphatic hydroxyl groups is 4. The Labute approximate surface area is 181 Å². The van der Waals surface area contributed by atoms with E-state index in [1.54, 1.807) is 0 Å². The summed E-state index contributed by atoms with van der Waals surface area (Å²) in [6.45, 7) is -0.939. The maximum absolute atomic E-state index is 14.4. The molecule has 5 atom stereocenters. The topological polar surface area (TPSA) is 109 Å². The molecular formula is C21H21ClF2O7. The van der Waals surface area contributed by atoms with Gasteiger partial charge in [-0.2, -0.15) is 4.39 Å². The summed E-state index contributed by atoms with van der Waals surface area (Å²) in [5.74, 6) is -4.32. The van der Waals surface area contributed by atoms with Crippen molar-refractivity contribution in [3.8, 4) is 5.75 Å². The summed E-state index contributed by atoms with van der Waals surface area (Å²) in [5, 5.41) is 41.2. The molecule has 2 aromatic rings. The van der Waals surface area contributed by atoms with E-state index in [-0.39, 0.29) is 34.9 Å². The Bertz CT molecular complexity index is 1010. The van der Waals surface area contributed by atoms with Crippen molar-refractivity contribution >= 4 is 11.6 Å². The van der Waals surface area contributed by atoms with Crippen molar-refractivity contribution in [3.05, 3.63) is 63.7 Å². The van der Waals surface area contributed by atoms with E-state index in [2.05, 4.69) is 0 Å². The molecule has 7 nitrogen and oxygen atoms in total. The minimum atomic E-state index is -1.88. The zero-order valence-corrected chi connectivity index (χ0v) is 17.1. The number of methoxy groups -OCH3 is 1. The van der Waals surface area contributed by atoms with E-state index in [1.807, 2.05) is 0 Å². The van der Waals surface area contributed by atoms with Crippen LogP contribution in [0, 0.1) is 11.6 Å². The van der Waals surface area contributed by atoms with Crippen molar-refractivity contribution in [3.63, 3.8) is 0 Å². The van der Waals surface area contributed by atoms with E-state index < -0.39 is 47.9 Å². The molecule has 0 radical (unpaired) electrons. The highest BCUT2D eigenvalue weighted by Crippen LogP contribution is 2.49.